The number of carboxylic acid groups (broad SMARTS) is 2. The van der Waals surface area contributed by atoms with Crippen LogP contribution in [-0.2, 0) is 17.8 Å². The molecule has 1 amide bonds. The third kappa shape index (κ3) is 1.73. The highest BCUT2D eigenvalue weighted by Gasteiger charge is 2.45. The molecule has 0 aliphatic carbocycles. The maximum Gasteiger partial charge on any atom is 0.408 e. The Hall–Kier alpha value is -2.04. The molecular formula is C12H13NO4. The Morgan fingerprint density at radius 1 is 1.24 bits per heavy atom. The number of rotatable bonds is 1. The summed E-state index contributed by atoms with van der Waals surface area (Å²) in [6, 6.07) is 7.32. The van der Waals surface area contributed by atoms with E-state index < -0.39 is 17.6 Å². The van der Waals surface area contributed by atoms with Crippen molar-refractivity contribution in [1.29, 1.82) is 0 Å². The second-order valence-corrected chi connectivity index (χ2v) is 4.39. The molecule has 0 saturated carbocycles. The van der Waals surface area contributed by atoms with Crippen molar-refractivity contribution in [2.45, 2.75) is 25.4 Å². The monoisotopic (exact) mass is 235 g/mol. The van der Waals surface area contributed by atoms with E-state index in [4.69, 9.17) is 5.11 Å². The molecule has 5 heteroatoms. The SMILES string of the molecule is CC1(C(=O)O)Cc2ccccc2CN1C(=O)O. The second kappa shape index (κ2) is 3.76. The number of carboxylic acids is 1. The van der Waals surface area contributed by atoms with Gasteiger partial charge in [-0.1, -0.05) is 24.3 Å². The molecule has 0 spiro atoms. The average molecular weight is 235 g/mol. The lowest BCUT2D eigenvalue weighted by atomic mass is 9.84. The van der Waals surface area contributed by atoms with Crippen LogP contribution >= 0.6 is 0 Å². The van der Waals surface area contributed by atoms with Gasteiger partial charge >= 0.3 is 12.1 Å². The summed E-state index contributed by atoms with van der Waals surface area (Å²) in [6.45, 7) is 1.56. The molecule has 0 bridgehead atoms. The molecule has 1 aliphatic rings. The number of amides is 1. The molecule has 0 saturated heterocycles. The first kappa shape index (κ1) is 11.4. The third-order valence-electron chi connectivity index (χ3n) is 3.27. The van der Waals surface area contributed by atoms with Gasteiger partial charge in [0.1, 0.15) is 5.54 Å². The predicted octanol–water partition coefficient (Wildman–Crippen LogP) is 1.57. The lowest BCUT2D eigenvalue weighted by molar-refractivity contribution is -0.150. The average Bonchev–Trinajstić information content (AvgIpc) is 2.27. The van der Waals surface area contributed by atoms with Crippen molar-refractivity contribution in [3.05, 3.63) is 35.4 Å². The standard InChI is InChI=1S/C12H13NO4/c1-12(10(14)15)6-8-4-2-3-5-9(8)7-13(12)11(16)17/h2-5H,6-7H2,1H3,(H,14,15)(H,16,17). The fourth-order valence-electron chi connectivity index (χ4n) is 2.17. The molecule has 1 aromatic carbocycles. The van der Waals surface area contributed by atoms with Crippen molar-refractivity contribution in [2.24, 2.45) is 0 Å². The fourth-order valence-corrected chi connectivity index (χ4v) is 2.17. The Morgan fingerprint density at radius 3 is 2.35 bits per heavy atom. The van der Waals surface area contributed by atoms with E-state index in [-0.39, 0.29) is 13.0 Å². The van der Waals surface area contributed by atoms with Gasteiger partial charge in [-0.05, 0) is 18.1 Å². The molecule has 0 fully saturated rings. The zero-order valence-corrected chi connectivity index (χ0v) is 9.38. The molecule has 5 nitrogen and oxygen atoms in total. The minimum absolute atomic E-state index is 0.119. The number of aliphatic carboxylic acids is 1. The molecule has 0 aromatic heterocycles. The van der Waals surface area contributed by atoms with E-state index in [0.29, 0.717) is 0 Å². The highest BCUT2D eigenvalue weighted by atomic mass is 16.4. The molecule has 1 aliphatic heterocycles. The number of nitrogens with zero attached hydrogens (tertiary/aromatic N) is 1. The van der Waals surface area contributed by atoms with E-state index in [2.05, 4.69) is 0 Å². The van der Waals surface area contributed by atoms with Crippen LogP contribution in [0, 0.1) is 0 Å². The molecular weight excluding hydrogens is 222 g/mol. The maximum atomic E-state index is 11.3. The van der Waals surface area contributed by atoms with Crippen molar-refractivity contribution < 1.29 is 19.8 Å². The van der Waals surface area contributed by atoms with E-state index in [1.165, 1.54) is 6.92 Å². The van der Waals surface area contributed by atoms with Gasteiger partial charge in [-0.2, -0.15) is 0 Å². The smallest absolute Gasteiger partial charge is 0.408 e. The molecule has 1 unspecified atom stereocenters. The topological polar surface area (TPSA) is 77.8 Å². The quantitative estimate of drug-likeness (QED) is 0.774. The normalized spacial score (nSPS) is 23.0. The van der Waals surface area contributed by atoms with Crippen molar-refractivity contribution in [3.63, 3.8) is 0 Å². The summed E-state index contributed by atoms with van der Waals surface area (Å²) in [4.78, 5) is 23.4. The summed E-state index contributed by atoms with van der Waals surface area (Å²) < 4.78 is 0. The number of hydrogen-bond acceptors (Lipinski definition) is 2. The van der Waals surface area contributed by atoms with Gasteiger partial charge in [0.05, 0.1) is 6.54 Å². The van der Waals surface area contributed by atoms with Crippen LogP contribution in [0.15, 0.2) is 24.3 Å². The van der Waals surface area contributed by atoms with E-state index >= 15 is 0 Å². The second-order valence-electron chi connectivity index (χ2n) is 4.39. The van der Waals surface area contributed by atoms with Crippen LogP contribution in [-0.4, -0.2) is 32.7 Å². The van der Waals surface area contributed by atoms with Crippen LogP contribution in [0.1, 0.15) is 18.1 Å². The van der Waals surface area contributed by atoms with Crippen LogP contribution in [0.4, 0.5) is 4.79 Å². The molecule has 1 atom stereocenters. The number of carbonyl (C=O) groups is 2. The minimum Gasteiger partial charge on any atom is -0.479 e. The third-order valence-corrected chi connectivity index (χ3v) is 3.27. The van der Waals surface area contributed by atoms with Crippen molar-refractivity contribution in [2.75, 3.05) is 0 Å². The Labute approximate surface area is 98.3 Å². The molecule has 2 N–H and O–H groups in total. The minimum atomic E-state index is -1.39. The van der Waals surface area contributed by atoms with Gasteiger partial charge in [-0.15, -0.1) is 0 Å². The highest BCUT2D eigenvalue weighted by molar-refractivity contribution is 5.84. The van der Waals surface area contributed by atoms with E-state index in [9.17, 15) is 14.7 Å². The summed E-state index contributed by atoms with van der Waals surface area (Å²) >= 11 is 0. The largest absolute Gasteiger partial charge is 0.479 e. The van der Waals surface area contributed by atoms with Gasteiger partial charge in [0.15, 0.2) is 0 Å². The van der Waals surface area contributed by atoms with Gasteiger partial charge in [0, 0.05) is 6.42 Å². The zero-order chi connectivity index (χ0) is 12.6. The Balaban J connectivity index is 2.48. The lowest BCUT2D eigenvalue weighted by Crippen LogP contribution is -2.57. The van der Waals surface area contributed by atoms with Crippen LogP contribution < -0.4 is 0 Å². The molecule has 2 rings (SSSR count). The van der Waals surface area contributed by atoms with Crippen molar-refractivity contribution in [3.8, 4) is 0 Å². The van der Waals surface area contributed by atoms with E-state index in [0.717, 1.165) is 16.0 Å². The van der Waals surface area contributed by atoms with Gasteiger partial charge in [-0.3, -0.25) is 4.90 Å². The van der Waals surface area contributed by atoms with Crippen LogP contribution in [0.3, 0.4) is 0 Å². The van der Waals surface area contributed by atoms with Gasteiger partial charge in [0.25, 0.3) is 0 Å². The number of benzene rings is 1. The Kier molecular flexibility index (Phi) is 2.53. The zero-order valence-electron chi connectivity index (χ0n) is 9.38. The first-order valence-corrected chi connectivity index (χ1v) is 5.26. The van der Waals surface area contributed by atoms with Gasteiger partial charge in [0.2, 0.25) is 0 Å². The molecule has 0 radical (unpaired) electrons. The van der Waals surface area contributed by atoms with Crippen LogP contribution in [0.2, 0.25) is 0 Å². The van der Waals surface area contributed by atoms with E-state index in [1.807, 2.05) is 24.3 Å². The van der Waals surface area contributed by atoms with Crippen LogP contribution in [0.5, 0.6) is 0 Å². The fraction of sp³-hybridized carbons (Fsp3) is 0.333. The summed E-state index contributed by atoms with van der Waals surface area (Å²) in [5.41, 5.74) is 0.378. The van der Waals surface area contributed by atoms with Crippen molar-refractivity contribution in [1.82, 2.24) is 4.90 Å². The molecule has 1 heterocycles. The van der Waals surface area contributed by atoms with Crippen molar-refractivity contribution >= 4 is 12.1 Å². The highest BCUT2D eigenvalue weighted by Crippen LogP contribution is 2.31. The van der Waals surface area contributed by atoms with Gasteiger partial charge < -0.3 is 10.2 Å². The summed E-state index contributed by atoms with van der Waals surface area (Å²) in [5, 5.41) is 18.3. The predicted molar refractivity (Wildman–Crippen MR) is 59.8 cm³/mol. The molecule has 1 aromatic rings. The molecule has 17 heavy (non-hydrogen) atoms. The maximum absolute atomic E-state index is 11.3. The first-order chi connectivity index (χ1) is 7.95. The number of hydrogen-bond donors (Lipinski definition) is 2. The first-order valence-electron chi connectivity index (χ1n) is 5.26. The van der Waals surface area contributed by atoms with Crippen LogP contribution in [0.25, 0.3) is 0 Å². The summed E-state index contributed by atoms with van der Waals surface area (Å²) in [6.07, 6.45) is -1.01. The lowest BCUT2D eigenvalue weighted by Gasteiger charge is -2.40. The summed E-state index contributed by atoms with van der Waals surface area (Å²) in [5.74, 6) is -1.12. The Morgan fingerprint density at radius 2 is 1.82 bits per heavy atom. The Bertz CT molecular complexity index is 485. The van der Waals surface area contributed by atoms with Gasteiger partial charge in [-0.25, -0.2) is 9.59 Å². The summed E-state index contributed by atoms with van der Waals surface area (Å²) in [7, 11) is 0. The van der Waals surface area contributed by atoms with E-state index in [1.54, 1.807) is 0 Å². The number of fused-ring (bicyclic) bond motifs is 1. The molecule has 90 valence electrons.